The van der Waals surface area contributed by atoms with Crippen LogP contribution in [0.25, 0.3) is 0 Å². The van der Waals surface area contributed by atoms with Crippen molar-refractivity contribution in [3.05, 3.63) is 57.5 Å². The van der Waals surface area contributed by atoms with Gasteiger partial charge in [-0.15, -0.1) is 0 Å². The fourth-order valence-electron chi connectivity index (χ4n) is 1.70. The number of pyridine rings is 1. The van der Waals surface area contributed by atoms with Gasteiger partial charge in [0, 0.05) is 29.8 Å². The summed E-state index contributed by atoms with van der Waals surface area (Å²) in [6.45, 7) is -0.0994. The zero-order chi connectivity index (χ0) is 15.6. The first-order valence-electron chi connectivity index (χ1n) is 5.83. The molecule has 0 bridgehead atoms. The van der Waals surface area contributed by atoms with Crippen LogP contribution in [0.15, 0.2) is 45.9 Å². The van der Waals surface area contributed by atoms with Crippen LogP contribution in [0.1, 0.15) is 5.56 Å². The van der Waals surface area contributed by atoms with Crippen molar-refractivity contribution in [1.82, 2.24) is 9.29 Å². The Hall–Kier alpha value is -1.02. The van der Waals surface area contributed by atoms with E-state index >= 15 is 0 Å². The van der Waals surface area contributed by atoms with Crippen LogP contribution >= 0.6 is 27.5 Å². The average Bonchev–Trinajstić information content (AvgIpc) is 2.43. The van der Waals surface area contributed by atoms with Gasteiger partial charge in [0.25, 0.3) is 0 Å². The number of hydrogen-bond donors (Lipinski definition) is 0. The van der Waals surface area contributed by atoms with Crippen molar-refractivity contribution in [2.45, 2.75) is 11.4 Å². The van der Waals surface area contributed by atoms with Gasteiger partial charge in [0.1, 0.15) is 15.9 Å². The molecular formula is C13H11BrClFN2O2S. The van der Waals surface area contributed by atoms with Crippen molar-refractivity contribution < 1.29 is 12.8 Å². The van der Waals surface area contributed by atoms with Crippen LogP contribution in [0, 0.1) is 5.82 Å². The van der Waals surface area contributed by atoms with Gasteiger partial charge in [-0.25, -0.2) is 17.8 Å². The molecule has 0 radical (unpaired) electrons. The molecule has 21 heavy (non-hydrogen) atoms. The summed E-state index contributed by atoms with van der Waals surface area (Å²) < 4.78 is 40.1. The third kappa shape index (κ3) is 3.60. The third-order valence-corrected chi connectivity index (χ3v) is 5.48. The topological polar surface area (TPSA) is 50.3 Å². The molecule has 0 aliphatic rings. The van der Waals surface area contributed by atoms with Gasteiger partial charge in [-0.2, -0.15) is 4.31 Å². The van der Waals surface area contributed by atoms with E-state index < -0.39 is 15.8 Å². The summed E-state index contributed by atoms with van der Waals surface area (Å²) in [5, 5.41) is -0.126. The number of rotatable bonds is 4. The van der Waals surface area contributed by atoms with Gasteiger partial charge in [-0.05, 0) is 28.1 Å². The lowest BCUT2D eigenvalue weighted by molar-refractivity contribution is 0.456. The first-order valence-corrected chi connectivity index (χ1v) is 8.44. The Morgan fingerprint density at radius 2 is 2.05 bits per heavy atom. The van der Waals surface area contributed by atoms with E-state index in [4.69, 9.17) is 11.6 Å². The lowest BCUT2D eigenvalue weighted by atomic mass is 10.2. The molecule has 1 aromatic heterocycles. The molecule has 0 atom stereocenters. The zero-order valence-electron chi connectivity index (χ0n) is 10.9. The Morgan fingerprint density at radius 3 is 2.71 bits per heavy atom. The molecule has 4 nitrogen and oxygen atoms in total. The maximum atomic E-state index is 13.6. The number of hydrogen-bond acceptors (Lipinski definition) is 3. The van der Waals surface area contributed by atoms with Crippen LogP contribution in [0.4, 0.5) is 4.39 Å². The molecule has 0 amide bonds. The number of benzene rings is 1. The zero-order valence-corrected chi connectivity index (χ0v) is 14.1. The number of halogens is 3. The summed E-state index contributed by atoms with van der Waals surface area (Å²) in [7, 11) is -2.50. The van der Waals surface area contributed by atoms with Crippen LogP contribution in [-0.4, -0.2) is 24.8 Å². The van der Waals surface area contributed by atoms with Crippen LogP contribution in [0.3, 0.4) is 0 Å². The monoisotopic (exact) mass is 392 g/mol. The van der Waals surface area contributed by atoms with Crippen LogP contribution in [0.5, 0.6) is 0 Å². The standard InChI is InChI=1S/C13H11BrClFN2O2S/c1-18(8-9-4-2-3-5-11(9)16)21(19,20)12-6-10(14)7-17-13(12)15/h2-7H,8H2,1H3. The maximum absolute atomic E-state index is 13.6. The van der Waals surface area contributed by atoms with Crippen LogP contribution in [-0.2, 0) is 16.6 Å². The molecule has 0 unspecified atom stereocenters. The molecule has 112 valence electrons. The Bertz CT molecular complexity index is 771. The Morgan fingerprint density at radius 1 is 1.38 bits per heavy atom. The van der Waals surface area contributed by atoms with Gasteiger partial charge < -0.3 is 0 Å². The van der Waals surface area contributed by atoms with Gasteiger partial charge in [-0.3, -0.25) is 0 Å². The molecule has 1 aromatic carbocycles. The van der Waals surface area contributed by atoms with Crippen molar-refractivity contribution in [2.75, 3.05) is 7.05 Å². The van der Waals surface area contributed by atoms with Crippen molar-refractivity contribution in [3.8, 4) is 0 Å². The van der Waals surface area contributed by atoms with E-state index in [9.17, 15) is 12.8 Å². The molecule has 0 saturated carbocycles. The van der Waals surface area contributed by atoms with E-state index in [2.05, 4.69) is 20.9 Å². The van der Waals surface area contributed by atoms with Gasteiger partial charge in [-0.1, -0.05) is 29.8 Å². The molecule has 0 saturated heterocycles. The Balaban J connectivity index is 2.35. The SMILES string of the molecule is CN(Cc1ccccc1F)S(=O)(=O)c1cc(Br)cnc1Cl. The van der Waals surface area contributed by atoms with Crippen LogP contribution < -0.4 is 0 Å². The lowest BCUT2D eigenvalue weighted by Crippen LogP contribution is -2.27. The predicted molar refractivity (Wildman–Crippen MR) is 82.0 cm³/mol. The van der Waals surface area contributed by atoms with E-state index in [1.165, 1.54) is 31.4 Å². The number of aromatic nitrogens is 1. The first-order chi connectivity index (χ1) is 9.82. The van der Waals surface area contributed by atoms with Crippen LogP contribution in [0.2, 0.25) is 5.15 Å². The van der Waals surface area contributed by atoms with Crippen molar-refractivity contribution in [3.63, 3.8) is 0 Å². The van der Waals surface area contributed by atoms with Crippen molar-refractivity contribution in [2.24, 2.45) is 0 Å². The molecular weight excluding hydrogens is 383 g/mol. The van der Waals surface area contributed by atoms with Gasteiger partial charge in [0.15, 0.2) is 0 Å². The van der Waals surface area contributed by atoms with Gasteiger partial charge in [0.2, 0.25) is 10.0 Å². The molecule has 1 heterocycles. The first kappa shape index (κ1) is 16.4. The quantitative estimate of drug-likeness (QED) is 0.748. The lowest BCUT2D eigenvalue weighted by Gasteiger charge is -2.18. The highest BCUT2D eigenvalue weighted by Crippen LogP contribution is 2.26. The third-order valence-electron chi connectivity index (χ3n) is 2.81. The minimum atomic E-state index is -3.86. The smallest absolute Gasteiger partial charge is 0.242 e. The van der Waals surface area contributed by atoms with E-state index in [-0.39, 0.29) is 22.2 Å². The summed E-state index contributed by atoms with van der Waals surface area (Å²) in [6, 6.07) is 7.36. The molecule has 0 N–H and O–H groups in total. The minimum Gasteiger partial charge on any atom is -0.242 e. The average molecular weight is 394 g/mol. The highest BCUT2D eigenvalue weighted by molar-refractivity contribution is 9.10. The Labute approximate surface area is 135 Å². The molecule has 0 fully saturated rings. The van der Waals surface area contributed by atoms with E-state index in [0.717, 1.165) is 4.31 Å². The normalized spacial score (nSPS) is 11.9. The fourth-order valence-corrected chi connectivity index (χ4v) is 3.77. The second kappa shape index (κ2) is 6.39. The van der Waals surface area contributed by atoms with E-state index in [1.807, 2.05) is 0 Å². The minimum absolute atomic E-state index is 0.0994. The number of nitrogens with zero attached hydrogens (tertiary/aromatic N) is 2. The molecule has 0 spiro atoms. The fraction of sp³-hybridized carbons (Fsp3) is 0.154. The highest BCUT2D eigenvalue weighted by Gasteiger charge is 2.25. The van der Waals surface area contributed by atoms with Crippen molar-refractivity contribution in [1.29, 1.82) is 0 Å². The Kier molecular flexibility index (Phi) is 4.98. The summed E-state index contributed by atoms with van der Waals surface area (Å²) in [6.07, 6.45) is 1.40. The highest BCUT2D eigenvalue weighted by atomic mass is 79.9. The summed E-state index contributed by atoms with van der Waals surface area (Å²) >= 11 is 9.00. The summed E-state index contributed by atoms with van der Waals surface area (Å²) in [5.41, 5.74) is 0.280. The largest absolute Gasteiger partial charge is 0.246 e. The molecule has 0 aliphatic heterocycles. The molecule has 2 rings (SSSR count). The molecule has 2 aromatic rings. The summed E-state index contributed by atoms with van der Waals surface area (Å²) in [4.78, 5) is 3.66. The predicted octanol–water partition coefficient (Wildman–Crippen LogP) is 3.46. The maximum Gasteiger partial charge on any atom is 0.246 e. The number of sulfonamides is 1. The van der Waals surface area contributed by atoms with E-state index in [1.54, 1.807) is 12.1 Å². The molecule has 8 heteroatoms. The second-order valence-electron chi connectivity index (χ2n) is 4.29. The van der Waals surface area contributed by atoms with E-state index in [0.29, 0.717) is 4.47 Å². The second-order valence-corrected chi connectivity index (χ2v) is 7.58. The van der Waals surface area contributed by atoms with Gasteiger partial charge >= 0.3 is 0 Å². The summed E-state index contributed by atoms with van der Waals surface area (Å²) in [5.74, 6) is -0.460. The molecule has 0 aliphatic carbocycles. The van der Waals surface area contributed by atoms with Crippen molar-refractivity contribution >= 4 is 37.6 Å². The van der Waals surface area contributed by atoms with Gasteiger partial charge in [0.05, 0.1) is 0 Å².